The van der Waals surface area contributed by atoms with Crippen molar-refractivity contribution in [2.45, 2.75) is 32.9 Å². The zero-order chi connectivity index (χ0) is 17.7. The third-order valence-corrected chi connectivity index (χ3v) is 5.51. The quantitative estimate of drug-likeness (QED) is 0.498. The molecule has 2 rings (SSSR count). The normalized spacial score (nSPS) is 13.0. The zero-order valence-corrected chi connectivity index (χ0v) is 15.7. The van der Waals surface area contributed by atoms with Crippen molar-refractivity contribution in [1.82, 2.24) is 9.69 Å². The minimum Gasteiger partial charge on any atom is -0.389 e. The third kappa shape index (κ3) is 4.25. The van der Waals surface area contributed by atoms with E-state index in [0.717, 1.165) is 27.8 Å². The molecule has 0 aliphatic heterocycles. The molecule has 0 bridgehead atoms. The number of benzene rings is 1. The fourth-order valence-electron chi connectivity index (χ4n) is 2.21. The highest BCUT2D eigenvalue weighted by molar-refractivity contribution is 9.10. The molecular formula is C16H18BrFN4OS. The Kier molecular flexibility index (Phi) is 6.59. The number of rotatable bonds is 6. The van der Waals surface area contributed by atoms with Gasteiger partial charge >= 0.3 is 0 Å². The molecule has 0 aliphatic carbocycles. The van der Waals surface area contributed by atoms with E-state index < -0.39 is 11.9 Å². The number of hydrogen-bond acceptors (Lipinski definition) is 4. The van der Waals surface area contributed by atoms with Crippen LogP contribution < -0.4 is 5.32 Å². The van der Waals surface area contributed by atoms with Crippen LogP contribution in [0.4, 0.5) is 4.39 Å². The lowest BCUT2D eigenvalue weighted by molar-refractivity contribution is 0.198. The van der Waals surface area contributed by atoms with Crippen molar-refractivity contribution in [3.63, 3.8) is 0 Å². The van der Waals surface area contributed by atoms with Crippen LogP contribution in [0.5, 0.6) is 0 Å². The molecule has 128 valence electrons. The first-order valence-electron chi connectivity index (χ1n) is 7.39. The number of nitrogens with one attached hydrogen (secondary N) is 2. The topological polar surface area (TPSA) is 81.4 Å². The van der Waals surface area contributed by atoms with Crippen molar-refractivity contribution in [1.29, 1.82) is 5.41 Å². The number of aliphatic hydroxyl groups excluding tert-OH is 1. The van der Waals surface area contributed by atoms with Crippen molar-refractivity contribution < 1.29 is 9.50 Å². The molecule has 0 saturated heterocycles. The summed E-state index contributed by atoms with van der Waals surface area (Å²) in [7, 11) is 0. The van der Waals surface area contributed by atoms with E-state index in [4.69, 9.17) is 5.41 Å². The van der Waals surface area contributed by atoms with Crippen molar-refractivity contribution in [3.8, 4) is 0 Å². The number of halogens is 2. The molecule has 1 heterocycles. The molecular weight excluding hydrogens is 395 g/mol. The molecule has 0 radical (unpaired) electrons. The minimum atomic E-state index is -0.852. The van der Waals surface area contributed by atoms with E-state index in [-0.39, 0.29) is 0 Å². The Balaban J connectivity index is 2.29. The molecule has 0 saturated carbocycles. The summed E-state index contributed by atoms with van der Waals surface area (Å²) in [5.74, 6) is -0.0270. The Labute approximate surface area is 152 Å². The number of hydrogen-bond donors (Lipinski definition) is 3. The van der Waals surface area contributed by atoms with E-state index in [1.54, 1.807) is 13.0 Å². The Morgan fingerprint density at radius 3 is 2.92 bits per heavy atom. The van der Waals surface area contributed by atoms with Gasteiger partial charge in [0.2, 0.25) is 0 Å². The summed E-state index contributed by atoms with van der Waals surface area (Å²) in [5.41, 5.74) is 1.97. The maximum atomic E-state index is 13.5. The summed E-state index contributed by atoms with van der Waals surface area (Å²) in [5, 5.41) is 20.3. The van der Waals surface area contributed by atoms with Crippen LogP contribution in [0.2, 0.25) is 0 Å². The minimum absolute atomic E-state index is 0.402. The summed E-state index contributed by atoms with van der Waals surface area (Å²) < 4.78 is 18.8. The number of aliphatic imine (C=N–C) groups is 1. The van der Waals surface area contributed by atoms with Gasteiger partial charge in [-0.25, -0.2) is 9.38 Å². The number of aryl methyl sites for hydroxylation is 1. The van der Waals surface area contributed by atoms with E-state index >= 15 is 0 Å². The standard InChI is InChI=1S/C16H18BrFN4OS/c1-3-13-15(17)14(24-22-13)7-20-16(21-8-19)11-5-4-10(18)6-12(11)9(2)23/h4-6,8-9,23H,3,7H2,1-2H3,(H2,19,20,21). The highest BCUT2D eigenvalue weighted by Crippen LogP contribution is 2.26. The van der Waals surface area contributed by atoms with Gasteiger partial charge in [0.05, 0.1) is 27.7 Å². The van der Waals surface area contributed by atoms with Crippen molar-refractivity contribution in [2.24, 2.45) is 4.99 Å². The maximum absolute atomic E-state index is 13.5. The summed E-state index contributed by atoms with van der Waals surface area (Å²) in [6.07, 6.45) is 0.898. The SMILES string of the molecule is CCc1nsc(CN/C(=N\C=N)c2ccc(F)cc2C(C)O)c1Br. The molecule has 3 N–H and O–H groups in total. The smallest absolute Gasteiger partial charge is 0.135 e. The molecule has 5 nitrogen and oxygen atoms in total. The van der Waals surface area contributed by atoms with Gasteiger partial charge in [-0.05, 0) is 64.6 Å². The van der Waals surface area contributed by atoms with Gasteiger partial charge in [-0.2, -0.15) is 4.37 Å². The highest BCUT2D eigenvalue weighted by Gasteiger charge is 2.16. The summed E-state index contributed by atoms with van der Waals surface area (Å²) in [6.45, 7) is 4.06. The van der Waals surface area contributed by atoms with E-state index in [1.807, 2.05) is 6.92 Å². The fraction of sp³-hybridized carbons (Fsp3) is 0.312. The molecule has 2 aromatic rings. The fourth-order valence-corrected chi connectivity index (χ4v) is 3.83. The lowest BCUT2D eigenvalue weighted by Gasteiger charge is -2.15. The summed E-state index contributed by atoms with van der Waals surface area (Å²) in [4.78, 5) is 5.03. The van der Waals surface area contributed by atoms with Crippen LogP contribution in [0.15, 0.2) is 27.7 Å². The average molecular weight is 413 g/mol. The van der Waals surface area contributed by atoms with E-state index in [9.17, 15) is 9.50 Å². The third-order valence-electron chi connectivity index (χ3n) is 3.43. The highest BCUT2D eigenvalue weighted by atomic mass is 79.9. The van der Waals surface area contributed by atoms with Crippen LogP contribution in [0.1, 0.15) is 41.6 Å². The van der Waals surface area contributed by atoms with Gasteiger partial charge in [-0.15, -0.1) is 0 Å². The van der Waals surface area contributed by atoms with Gasteiger partial charge in [0, 0.05) is 5.56 Å². The number of aromatic nitrogens is 1. The lowest BCUT2D eigenvalue weighted by atomic mass is 10.0. The van der Waals surface area contributed by atoms with Crippen molar-refractivity contribution >= 4 is 39.6 Å². The monoisotopic (exact) mass is 412 g/mol. The largest absolute Gasteiger partial charge is 0.389 e. The molecule has 24 heavy (non-hydrogen) atoms. The number of amidine groups is 1. The molecule has 0 spiro atoms. The first kappa shape index (κ1) is 18.7. The first-order valence-corrected chi connectivity index (χ1v) is 8.96. The molecule has 1 atom stereocenters. The lowest BCUT2D eigenvalue weighted by Crippen LogP contribution is -2.25. The summed E-state index contributed by atoms with van der Waals surface area (Å²) >= 11 is 4.93. The van der Waals surface area contributed by atoms with Gasteiger partial charge in [0.15, 0.2) is 0 Å². The molecule has 0 fully saturated rings. The van der Waals surface area contributed by atoms with Gasteiger partial charge in [-0.3, -0.25) is 5.41 Å². The van der Waals surface area contributed by atoms with Crippen LogP contribution in [0.3, 0.4) is 0 Å². The van der Waals surface area contributed by atoms with Gasteiger partial charge in [0.1, 0.15) is 18.0 Å². The first-order chi connectivity index (χ1) is 11.5. The maximum Gasteiger partial charge on any atom is 0.135 e. The van der Waals surface area contributed by atoms with Crippen LogP contribution in [-0.4, -0.2) is 21.7 Å². The second kappa shape index (κ2) is 8.46. The predicted molar refractivity (Wildman–Crippen MR) is 98.4 cm³/mol. The number of aliphatic hydroxyl groups is 1. The van der Waals surface area contributed by atoms with Crippen molar-refractivity contribution in [3.05, 3.63) is 50.2 Å². The van der Waals surface area contributed by atoms with Crippen molar-refractivity contribution in [2.75, 3.05) is 0 Å². The zero-order valence-electron chi connectivity index (χ0n) is 13.3. The van der Waals surface area contributed by atoms with Crippen LogP contribution in [0, 0.1) is 11.2 Å². The summed E-state index contributed by atoms with van der Waals surface area (Å²) in [6, 6.07) is 4.13. The Morgan fingerprint density at radius 1 is 1.58 bits per heavy atom. The Morgan fingerprint density at radius 2 is 2.33 bits per heavy atom. The van der Waals surface area contributed by atoms with Crippen LogP contribution >= 0.6 is 27.5 Å². The van der Waals surface area contributed by atoms with Gasteiger partial charge < -0.3 is 10.4 Å². The Hall–Kier alpha value is -1.64. The van der Waals surface area contributed by atoms with E-state index in [2.05, 4.69) is 30.6 Å². The molecule has 1 aromatic carbocycles. The van der Waals surface area contributed by atoms with E-state index in [0.29, 0.717) is 23.5 Å². The van der Waals surface area contributed by atoms with Gasteiger partial charge in [0.25, 0.3) is 0 Å². The predicted octanol–water partition coefficient (Wildman–Crippen LogP) is 3.80. The molecule has 0 aliphatic rings. The number of nitrogens with zero attached hydrogens (tertiary/aromatic N) is 2. The molecule has 1 aromatic heterocycles. The van der Waals surface area contributed by atoms with Crippen LogP contribution in [0.25, 0.3) is 0 Å². The second-order valence-corrected chi connectivity index (χ2v) is 6.74. The molecule has 0 amide bonds. The Bertz CT molecular complexity index is 761. The average Bonchev–Trinajstić information content (AvgIpc) is 2.91. The van der Waals surface area contributed by atoms with E-state index in [1.165, 1.54) is 23.7 Å². The molecule has 8 heteroatoms. The van der Waals surface area contributed by atoms with Crippen LogP contribution in [-0.2, 0) is 13.0 Å². The second-order valence-electron chi connectivity index (χ2n) is 5.09. The molecule has 1 unspecified atom stereocenters. The van der Waals surface area contributed by atoms with Gasteiger partial charge in [-0.1, -0.05) is 6.92 Å².